The molecule has 11 aromatic carbocycles. The van der Waals surface area contributed by atoms with Crippen molar-refractivity contribution in [2.24, 2.45) is 0 Å². The van der Waals surface area contributed by atoms with Crippen LogP contribution in [0.15, 0.2) is 203 Å². The van der Waals surface area contributed by atoms with Crippen molar-refractivity contribution in [1.82, 2.24) is 18.3 Å². The van der Waals surface area contributed by atoms with Crippen LogP contribution in [0.1, 0.15) is 27.8 Å². The van der Waals surface area contributed by atoms with Crippen molar-refractivity contribution < 1.29 is 8.83 Å². The van der Waals surface area contributed by atoms with Gasteiger partial charge in [-0.05, 0) is 125 Å². The second-order valence-electron chi connectivity index (χ2n) is 21.7. The molecule has 0 saturated carbocycles. The van der Waals surface area contributed by atoms with Gasteiger partial charge in [-0.15, -0.1) is 0 Å². The standard InChI is InChI=1S/C72H44N6O2/c1-39-22-26-58-47(30-39)48-31-40(2)23-27-59(48)75(58)71-69(77-56-18-10-6-14-43(56)51-36-66-53(34-62(51)77)45-16-8-12-20-64(45)79-66)55(38-73)68(74-5)70(72(71)76-60-28-24-41(3)32-49(60)50-33-42(4)25-29-61(50)76)78-57-19-11-7-15-44(57)52-37-67-54(35-63(52)78)46-17-9-13-21-65(46)80-67/h6-37H,1-4H3. The fraction of sp³-hybridized carbons (Fsp3) is 0.0556. The first-order valence-electron chi connectivity index (χ1n) is 27.0. The largest absolute Gasteiger partial charge is 0.456 e. The minimum Gasteiger partial charge on any atom is -0.456 e. The normalized spacial score (nSPS) is 12.2. The van der Waals surface area contributed by atoms with Crippen LogP contribution >= 0.6 is 0 Å². The van der Waals surface area contributed by atoms with Crippen molar-refractivity contribution in [3.05, 3.63) is 233 Å². The zero-order valence-corrected chi connectivity index (χ0v) is 44.0. The first-order chi connectivity index (χ1) is 39.2. The van der Waals surface area contributed by atoms with Crippen LogP contribution < -0.4 is 0 Å². The van der Waals surface area contributed by atoms with E-state index in [2.05, 4.69) is 210 Å². The Bertz CT molecular complexity index is 5280. The summed E-state index contributed by atoms with van der Waals surface area (Å²) in [5, 5.41) is 24.7. The monoisotopic (exact) mass is 1020 g/mol. The van der Waals surface area contributed by atoms with Gasteiger partial charge in [0.25, 0.3) is 0 Å². The van der Waals surface area contributed by atoms with E-state index < -0.39 is 0 Å². The molecule has 8 nitrogen and oxygen atoms in total. The van der Waals surface area contributed by atoms with Gasteiger partial charge >= 0.3 is 0 Å². The predicted molar refractivity (Wildman–Crippen MR) is 328 cm³/mol. The van der Waals surface area contributed by atoms with E-state index in [1.807, 2.05) is 36.4 Å². The number of aryl methyl sites for hydroxylation is 4. The summed E-state index contributed by atoms with van der Waals surface area (Å²) in [6.07, 6.45) is 0. The molecule has 8 heteroatoms. The molecule has 17 aromatic rings. The van der Waals surface area contributed by atoms with Crippen molar-refractivity contribution in [2.45, 2.75) is 27.7 Å². The van der Waals surface area contributed by atoms with E-state index in [9.17, 15) is 11.8 Å². The van der Waals surface area contributed by atoms with Crippen molar-refractivity contribution >= 4 is 137 Å². The van der Waals surface area contributed by atoms with E-state index in [0.29, 0.717) is 11.4 Å². The number of benzene rings is 11. The summed E-state index contributed by atoms with van der Waals surface area (Å²) in [7, 11) is 0. The number of rotatable bonds is 4. The molecular weight excluding hydrogens is 981 g/mol. The van der Waals surface area contributed by atoms with Gasteiger partial charge in [-0.2, -0.15) is 5.26 Å². The Hall–Kier alpha value is -10.8. The summed E-state index contributed by atoms with van der Waals surface area (Å²) >= 11 is 0. The van der Waals surface area contributed by atoms with E-state index >= 15 is 0 Å². The highest BCUT2D eigenvalue weighted by Crippen LogP contribution is 2.53. The molecule has 0 saturated heterocycles. The van der Waals surface area contributed by atoms with Crippen LogP contribution in [0, 0.1) is 45.6 Å². The lowest BCUT2D eigenvalue weighted by Gasteiger charge is -2.28. The highest BCUT2D eigenvalue weighted by Gasteiger charge is 2.35. The van der Waals surface area contributed by atoms with Crippen molar-refractivity contribution in [2.75, 3.05) is 0 Å². The van der Waals surface area contributed by atoms with E-state index in [-0.39, 0.29) is 11.3 Å². The minimum absolute atomic E-state index is 0.225. The maximum Gasteiger partial charge on any atom is 0.232 e. The Balaban J connectivity index is 1.20. The lowest BCUT2D eigenvalue weighted by Crippen LogP contribution is -2.15. The van der Waals surface area contributed by atoms with E-state index in [1.54, 1.807) is 0 Å². The fourth-order valence-electron chi connectivity index (χ4n) is 13.6. The molecule has 0 fully saturated rings. The molecule has 0 N–H and O–H groups in total. The average molecular weight is 1030 g/mol. The number of aromatic nitrogens is 4. The summed E-state index contributed by atoms with van der Waals surface area (Å²) < 4.78 is 22.6. The second kappa shape index (κ2) is 15.9. The third kappa shape index (κ3) is 5.81. The zero-order valence-electron chi connectivity index (χ0n) is 44.0. The molecule has 17 rings (SSSR count). The van der Waals surface area contributed by atoms with Gasteiger partial charge in [0.1, 0.15) is 22.3 Å². The maximum atomic E-state index is 12.5. The molecule has 0 spiro atoms. The van der Waals surface area contributed by atoms with Crippen LogP contribution in [0.25, 0.3) is 159 Å². The lowest BCUT2D eigenvalue weighted by molar-refractivity contribution is 0.669. The Morgan fingerprint density at radius 3 is 1.07 bits per heavy atom. The van der Waals surface area contributed by atoms with Gasteiger partial charge in [-0.3, -0.25) is 0 Å². The third-order valence-corrected chi connectivity index (χ3v) is 17.0. The maximum absolute atomic E-state index is 12.5. The van der Waals surface area contributed by atoms with Crippen LogP contribution in [0.3, 0.4) is 0 Å². The summed E-state index contributed by atoms with van der Waals surface area (Å²) in [6, 6.07) is 71.6. The summed E-state index contributed by atoms with van der Waals surface area (Å²) in [5.41, 5.74) is 18.2. The third-order valence-electron chi connectivity index (χ3n) is 17.0. The topological polar surface area (TPSA) is 74.2 Å². The van der Waals surface area contributed by atoms with Crippen molar-refractivity contribution in [1.29, 1.82) is 5.26 Å². The number of nitriles is 1. The lowest BCUT2D eigenvalue weighted by atomic mass is 10.0. The highest BCUT2D eigenvalue weighted by molar-refractivity contribution is 6.21. The zero-order chi connectivity index (χ0) is 53.4. The Morgan fingerprint density at radius 2 is 0.662 bits per heavy atom. The SMILES string of the molecule is [C-]#[N+]c1c(C#N)c(-n2c3ccccc3c3cc4oc5ccccc5c4cc32)c(-n2c3ccc(C)cc3c3cc(C)ccc32)c(-n2c3ccc(C)cc3c3cc(C)ccc32)c1-n1c2ccccc2c2cc3oc4ccccc4c3cc21. The Labute approximate surface area is 456 Å². The molecule has 6 aromatic heterocycles. The number of hydrogen-bond donors (Lipinski definition) is 0. The average Bonchev–Trinajstić information content (AvgIpc) is 4.49. The number of furan rings is 2. The fourth-order valence-corrected chi connectivity index (χ4v) is 13.6. The van der Waals surface area contributed by atoms with Gasteiger partial charge < -0.3 is 27.1 Å². The van der Waals surface area contributed by atoms with Crippen LogP contribution in [0.4, 0.5) is 5.69 Å². The number of hydrogen-bond acceptors (Lipinski definition) is 3. The molecule has 6 heterocycles. The number of para-hydroxylation sites is 4. The molecule has 0 bridgehead atoms. The number of fused-ring (bicyclic) bond motifs is 18. The van der Waals surface area contributed by atoms with Gasteiger partial charge in [-0.25, -0.2) is 4.85 Å². The quantitative estimate of drug-likeness (QED) is 0.165. The summed E-state index contributed by atoms with van der Waals surface area (Å²) in [4.78, 5) is 4.69. The van der Waals surface area contributed by atoms with Gasteiger partial charge in [0.15, 0.2) is 0 Å². The molecular formula is C72H44N6O2. The van der Waals surface area contributed by atoms with Crippen LogP contribution in [-0.4, -0.2) is 18.3 Å². The Kier molecular flexibility index (Phi) is 8.81. The van der Waals surface area contributed by atoms with Gasteiger partial charge in [0.05, 0.1) is 85.1 Å². The second-order valence-corrected chi connectivity index (χ2v) is 21.7. The first-order valence-corrected chi connectivity index (χ1v) is 27.0. The molecule has 0 radical (unpaired) electrons. The molecule has 374 valence electrons. The molecule has 80 heavy (non-hydrogen) atoms. The molecule has 0 aliphatic heterocycles. The highest BCUT2D eigenvalue weighted by atomic mass is 16.3. The van der Waals surface area contributed by atoms with Crippen LogP contribution in [0.5, 0.6) is 0 Å². The van der Waals surface area contributed by atoms with E-state index in [4.69, 9.17) is 13.7 Å². The molecule has 0 aliphatic carbocycles. The van der Waals surface area contributed by atoms with Crippen molar-refractivity contribution in [3.63, 3.8) is 0 Å². The molecule has 0 aliphatic rings. The first kappa shape index (κ1) is 44.3. The summed E-state index contributed by atoms with van der Waals surface area (Å²) in [5.74, 6) is 0. The summed E-state index contributed by atoms with van der Waals surface area (Å²) in [6.45, 7) is 18.3. The number of nitrogens with zero attached hydrogens (tertiary/aromatic N) is 6. The van der Waals surface area contributed by atoms with Crippen LogP contribution in [0.2, 0.25) is 0 Å². The van der Waals surface area contributed by atoms with Gasteiger partial charge in [0, 0.05) is 64.6 Å². The Morgan fingerprint density at radius 1 is 0.325 bits per heavy atom. The van der Waals surface area contributed by atoms with E-state index in [1.165, 1.54) is 0 Å². The molecule has 0 atom stereocenters. The van der Waals surface area contributed by atoms with Crippen molar-refractivity contribution in [3.8, 4) is 28.8 Å². The smallest absolute Gasteiger partial charge is 0.232 e. The van der Waals surface area contributed by atoms with Gasteiger partial charge in [-0.1, -0.05) is 119 Å². The van der Waals surface area contributed by atoms with Crippen LogP contribution in [-0.2, 0) is 0 Å². The molecule has 0 amide bonds. The molecule has 0 unspecified atom stereocenters. The predicted octanol–water partition coefficient (Wildman–Crippen LogP) is 19.5. The van der Waals surface area contributed by atoms with Gasteiger partial charge in [0.2, 0.25) is 5.69 Å². The minimum atomic E-state index is 0.225. The van der Waals surface area contributed by atoms with E-state index in [0.717, 1.165) is 165 Å².